The van der Waals surface area contributed by atoms with E-state index in [9.17, 15) is 0 Å². The van der Waals surface area contributed by atoms with E-state index in [-0.39, 0.29) is 0 Å². The van der Waals surface area contributed by atoms with Crippen molar-refractivity contribution in [3.63, 3.8) is 0 Å². The molecule has 0 aliphatic heterocycles. The van der Waals surface area contributed by atoms with E-state index in [1.165, 1.54) is 21.8 Å². The summed E-state index contributed by atoms with van der Waals surface area (Å²) in [5.74, 6) is 0. The monoisotopic (exact) mass is 385 g/mol. The lowest BCUT2D eigenvalue weighted by molar-refractivity contribution is 1.19. The van der Waals surface area contributed by atoms with Crippen LogP contribution in [-0.4, -0.2) is 24.5 Å². The van der Waals surface area contributed by atoms with Gasteiger partial charge in [-0.1, -0.05) is 36.4 Å². The second-order valence-electron chi connectivity index (χ2n) is 7.45. The molecule has 5 nitrogen and oxygen atoms in total. The van der Waals surface area contributed by atoms with Gasteiger partial charge in [0.25, 0.3) is 0 Å². The Balaban J connectivity index is 1.77. The Morgan fingerprint density at radius 1 is 0.600 bits per heavy atom. The number of para-hydroxylation sites is 2. The number of H-pyrrole nitrogens is 1. The first kappa shape index (κ1) is 15.6. The van der Waals surface area contributed by atoms with Crippen molar-refractivity contribution >= 4 is 54.6 Å². The van der Waals surface area contributed by atoms with Crippen molar-refractivity contribution in [1.29, 1.82) is 0 Å². The van der Waals surface area contributed by atoms with Crippen molar-refractivity contribution in [2.45, 2.75) is 0 Å². The second kappa shape index (κ2) is 5.64. The van der Waals surface area contributed by atoms with E-state index in [0.29, 0.717) is 0 Å². The number of nitrogens with zero attached hydrogens (tertiary/aromatic N) is 4. The summed E-state index contributed by atoms with van der Waals surface area (Å²) < 4.78 is 2.32. The Bertz CT molecular complexity index is 1700. The van der Waals surface area contributed by atoms with E-state index in [4.69, 9.17) is 4.98 Å². The van der Waals surface area contributed by atoms with Gasteiger partial charge in [0.1, 0.15) is 5.52 Å². The largest absolute Gasteiger partial charge is 0.344 e. The van der Waals surface area contributed by atoms with Crippen LogP contribution in [-0.2, 0) is 0 Å². The second-order valence-corrected chi connectivity index (χ2v) is 7.45. The zero-order chi connectivity index (χ0) is 19.7. The third-order valence-corrected chi connectivity index (χ3v) is 5.93. The van der Waals surface area contributed by atoms with E-state index in [1.807, 2.05) is 18.5 Å². The van der Waals surface area contributed by atoms with Crippen LogP contribution in [0.4, 0.5) is 0 Å². The zero-order valence-corrected chi connectivity index (χ0v) is 15.9. The molecule has 1 N–H and O–H groups in total. The maximum atomic E-state index is 4.75. The minimum atomic E-state index is 0.870. The number of aromatic amines is 1. The molecule has 0 saturated heterocycles. The van der Waals surface area contributed by atoms with Crippen LogP contribution in [0, 0.1) is 0 Å². The molecule has 4 heterocycles. The third kappa shape index (κ3) is 1.89. The molecular formula is C25H15N5. The predicted molar refractivity (Wildman–Crippen MR) is 121 cm³/mol. The smallest absolute Gasteiger partial charge is 0.101 e. The standard InChI is InChI=1S/C25H15N5/c1-3-9-18-15(6-1)16-7-2-4-10-19(16)30(18)20-11-13-27-24-21(20)25-23(28-14-29-25)17-8-5-12-26-22(17)24/h1-14H,(H,28,29). The first-order valence-corrected chi connectivity index (χ1v) is 9.89. The van der Waals surface area contributed by atoms with E-state index in [2.05, 4.69) is 80.2 Å². The van der Waals surface area contributed by atoms with E-state index in [0.717, 1.165) is 38.5 Å². The lowest BCUT2D eigenvalue weighted by atomic mass is 10.1. The molecule has 0 aliphatic carbocycles. The number of imidazole rings is 1. The van der Waals surface area contributed by atoms with E-state index < -0.39 is 0 Å². The van der Waals surface area contributed by atoms with Crippen LogP contribution < -0.4 is 0 Å². The molecule has 30 heavy (non-hydrogen) atoms. The fraction of sp³-hybridized carbons (Fsp3) is 0. The van der Waals surface area contributed by atoms with Gasteiger partial charge in [-0.05, 0) is 30.3 Å². The highest BCUT2D eigenvalue weighted by molar-refractivity contribution is 6.23. The Labute approximate surface area is 170 Å². The maximum absolute atomic E-state index is 4.75. The number of benzene rings is 3. The van der Waals surface area contributed by atoms with Gasteiger partial charge in [0.05, 0.1) is 45.0 Å². The average Bonchev–Trinajstić information content (AvgIpc) is 3.42. The molecule has 7 rings (SSSR count). The Hall–Kier alpha value is -4.25. The summed E-state index contributed by atoms with van der Waals surface area (Å²) >= 11 is 0. The van der Waals surface area contributed by atoms with E-state index >= 15 is 0 Å². The first-order valence-electron chi connectivity index (χ1n) is 9.89. The highest BCUT2D eigenvalue weighted by atomic mass is 15.0. The number of hydrogen-bond donors (Lipinski definition) is 1. The van der Waals surface area contributed by atoms with E-state index in [1.54, 1.807) is 6.33 Å². The van der Waals surface area contributed by atoms with Crippen LogP contribution in [0.15, 0.2) is 85.5 Å². The molecule has 0 bridgehead atoms. The van der Waals surface area contributed by atoms with Crippen LogP contribution in [0.2, 0.25) is 0 Å². The summed E-state index contributed by atoms with van der Waals surface area (Å²) in [7, 11) is 0. The SMILES string of the molecule is c1cnc2c(c1)c1nc[nH]c1c1c(-n3c4ccccc4c4ccccc43)ccnc21. The van der Waals surface area contributed by atoms with Gasteiger partial charge in [0, 0.05) is 28.6 Å². The van der Waals surface area contributed by atoms with Crippen LogP contribution in [0.5, 0.6) is 0 Å². The lowest BCUT2D eigenvalue weighted by Crippen LogP contribution is -1.98. The van der Waals surface area contributed by atoms with Crippen molar-refractivity contribution in [3.8, 4) is 5.69 Å². The Morgan fingerprint density at radius 2 is 1.30 bits per heavy atom. The quantitative estimate of drug-likeness (QED) is 0.366. The number of aromatic nitrogens is 5. The maximum Gasteiger partial charge on any atom is 0.101 e. The highest BCUT2D eigenvalue weighted by Crippen LogP contribution is 2.38. The molecule has 0 amide bonds. The summed E-state index contributed by atoms with van der Waals surface area (Å²) in [6.45, 7) is 0. The van der Waals surface area contributed by atoms with Crippen LogP contribution >= 0.6 is 0 Å². The fourth-order valence-corrected chi connectivity index (χ4v) is 4.72. The lowest BCUT2D eigenvalue weighted by Gasteiger charge is -2.13. The van der Waals surface area contributed by atoms with Gasteiger partial charge in [-0.25, -0.2) is 4.98 Å². The molecule has 0 radical (unpaired) electrons. The van der Waals surface area contributed by atoms with Crippen LogP contribution in [0.25, 0.3) is 60.3 Å². The minimum Gasteiger partial charge on any atom is -0.344 e. The van der Waals surface area contributed by atoms with Gasteiger partial charge in [-0.15, -0.1) is 0 Å². The van der Waals surface area contributed by atoms with Crippen molar-refractivity contribution in [1.82, 2.24) is 24.5 Å². The van der Waals surface area contributed by atoms with Crippen molar-refractivity contribution in [2.75, 3.05) is 0 Å². The summed E-state index contributed by atoms with van der Waals surface area (Å²) in [5, 5.41) is 4.51. The number of fused-ring (bicyclic) bond motifs is 9. The Morgan fingerprint density at radius 3 is 2.10 bits per heavy atom. The van der Waals surface area contributed by atoms with Gasteiger partial charge < -0.3 is 9.55 Å². The third-order valence-electron chi connectivity index (χ3n) is 5.93. The normalized spacial score (nSPS) is 12.0. The fourth-order valence-electron chi connectivity index (χ4n) is 4.72. The first-order chi connectivity index (χ1) is 14.9. The minimum absolute atomic E-state index is 0.870. The molecule has 0 atom stereocenters. The molecule has 140 valence electrons. The summed E-state index contributed by atoms with van der Waals surface area (Å²) in [6, 6.07) is 23.1. The molecule has 0 fully saturated rings. The molecule has 3 aromatic carbocycles. The summed E-state index contributed by atoms with van der Waals surface area (Å²) in [4.78, 5) is 17.4. The predicted octanol–water partition coefficient (Wildman–Crippen LogP) is 5.76. The molecule has 4 aromatic heterocycles. The van der Waals surface area contributed by atoms with Gasteiger partial charge >= 0.3 is 0 Å². The van der Waals surface area contributed by atoms with Crippen LogP contribution in [0.3, 0.4) is 0 Å². The number of nitrogens with one attached hydrogen (secondary N) is 1. The average molecular weight is 385 g/mol. The van der Waals surface area contributed by atoms with Crippen molar-refractivity contribution in [2.24, 2.45) is 0 Å². The van der Waals surface area contributed by atoms with Crippen LogP contribution in [0.1, 0.15) is 0 Å². The molecule has 7 aromatic rings. The van der Waals surface area contributed by atoms with Crippen molar-refractivity contribution < 1.29 is 0 Å². The molecule has 5 heteroatoms. The number of pyridine rings is 2. The number of rotatable bonds is 1. The van der Waals surface area contributed by atoms with Gasteiger partial charge in [0.15, 0.2) is 0 Å². The molecule has 0 saturated carbocycles. The van der Waals surface area contributed by atoms with Crippen molar-refractivity contribution in [3.05, 3.63) is 85.5 Å². The zero-order valence-electron chi connectivity index (χ0n) is 15.9. The Kier molecular flexibility index (Phi) is 2.94. The number of hydrogen-bond acceptors (Lipinski definition) is 3. The summed E-state index contributed by atoms with van der Waals surface area (Å²) in [5.41, 5.74) is 7.05. The topological polar surface area (TPSA) is 59.4 Å². The molecule has 0 spiro atoms. The van der Waals surface area contributed by atoms with Gasteiger partial charge in [-0.3, -0.25) is 9.97 Å². The molecule has 0 unspecified atom stereocenters. The molecule has 0 aliphatic rings. The van der Waals surface area contributed by atoms with Gasteiger partial charge in [-0.2, -0.15) is 0 Å². The summed E-state index contributed by atoms with van der Waals surface area (Å²) in [6.07, 6.45) is 5.44. The highest BCUT2D eigenvalue weighted by Gasteiger charge is 2.19. The van der Waals surface area contributed by atoms with Gasteiger partial charge in [0.2, 0.25) is 0 Å². The molecular weight excluding hydrogens is 370 g/mol.